The van der Waals surface area contributed by atoms with Crippen LogP contribution >= 0.6 is 0 Å². The van der Waals surface area contributed by atoms with Crippen molar-refractivity contribution in [3.05, 3.63) is 71.4 Å². The van der Waals surface area contributed by atoms with Gasteiger partial charge in [-0.05, 0) is 44.2 Å². The van der Waals surface area contributed by atoms with E-state index >= 15 is 0 Å². The standard InChI is InChI=1S/C22H20N2O2/c1-16-12-17(2)14-19(13-16)22(25)24-9-3-4-11-26-20-8-7-18-6-5-10-23-21(18)15-20/h5-8,10,12-15H,9,11H2,1-2H3,(H,24,25). The molecule has 2 aromatic carbocycles. The molecule has 0 unspecified atom stereocenters. The molecule has 0 atom stereocenters. The minimum Gasteiger partial charge on any atom is -0.481 e. The SMILES string of the molecule is Cc1cc(C)cc(C(=O)NCC#CCOc2ccc3cccnc3c2)c1. The van der Waals surface area contributed by atoms with E-state index in [2.05, 4.69) is 22.1 Å². The Labute approximate surface area is 153 Å². The zero-order chi connectivity index (χ0) is 18.4. The molecule has 0 radical (unpaired) electrons. The number of hydrogen-bond acceptors (Lipinski definition) is 3. The average molecular weight is 344 g/mol. The molecule has 0 saturated carbocycles. The van der Waals surface area contributed by atoms with Crippen LogP contribution in [0, 0.1) is 25.7 Å². The smallest absolute Gasteiger partial charge is 0.252 e. The molecule has 130 valence electrons. The third-order valence-electron chi connectivity index (χ3n) is 3.83. The lowest BCUT2D eigenvalue weighted by Crippen LogP contribution is -2.23. The number of hydrogen-bond donors (Lipinski definition) is 1. The Morgan fingerprint density at radius 2 is 1.88 bits per heavy atom. The fraction of sp³-hybridized carbons (Fsp3) is 0.182. The lowest BCUT2D eigenvalue weighted by atomic mass is 10.1. The number of ether oxygens (including phenoxy) is 1. The molecule has 1 N–H and O–H groups in total. The Bertz CT molecular complexity index is 979. The summed E-state index contributed by atoms with van der Waals surface area (Å²) in [7, 11) is 0. The van der Waals surface area contributed by atoms with Crippen LogP contribution in [0.25, 0.3) is 10.9 Å². The van der Waals surface area contributed by atoms with E-state index in [1.165, 1.54) is 0 Å². The first kappa shape index (κ1) is 17.5. The van der Waals surface area contributed by atoms with Crippen molar-refractivity contribution in [2.24, 2.45) is 0 Å². The Balaban J connectivity index is 1.48. The van der Waals surface area contributed by atoms with Gasteiger partial charge in [0.05, 0.1) is 12.1 Å². The van der Waals surface area contributed by atoms with Gasteiger partial charge in [-0.25, -0.2) is 0 Å². The number of fused-ring (bicyclic) bond motifs is 1. The summed E-state index contributed by atoms with van der Waals surface area (Å²) in [6, 6.07) is 15.4. The average Bonchev–Trinajstić information content (AvgIpc) is 2.63. The van der Waals surface area contributed by atoms with Crippen molar-refractivity contribution in [3.63, 3.8) is 0 Å². The minimum atomic E-state index is -0.118. The highest BCUT2D eigenvalue weighted by Gasteiger charge is 2.04. The maximum Gasteiger partial charge on any atom is 0.252 e. The molecule has 0 saturated heterocycles. The maximum atomic E-state index is 12.1. The molecule has 0 spiro atoms. The van der Waals surface area contributed by atoms with Crippen LogP contribution in [-0.2, 0) is 0 Å². The second-order valence-electron chi connectivity index (χ2n) is 6.06. The quantitative estimate of drug-likeness (QED) is 0.735. The fourth-order valence-corrected chi connectivity index (χ4v) is 2.70. The van der Waals surface area contributed by atoms with Gasteiger partial charge in [-0.1, -0.05) is 35.1 Å². The third-order valence-corrected chi connectivity index (χ3v) is 3.83. The molecule has 3 aromatic rings. The molecular weight excluding hydrogens is 324 g/mol. The van der Waals surface area contributed by atoms with Gasteiger partial charge in [0, 0.05) is 23.2 Å². The number of carbonyl (C=O) groups excluding carboxylic acids is 1. The van der Waals surface area contributed by atoms with Crippen molar-refractivity contribution < 1.29 is 9.53 Å². The first-order chi connectivity index (χ1) is 12.6. The van der Waals surface area contributed by atoms with E-state index in [0.717, 1.165) is 27.8 Å². The molecule has 0 aliphatic rings. The van der Waals surface area contributed by atoms with Gasteiger partial charge in [0.1, 0.15) is 12.4 Å². The lowest BCUT2D eigenvalue weighted by molar-refractivity contribution is 0.0958. The minimum absolute atomic E-state index is 0.118. The van der Waals surface area contributed by atoms with Gasteiger partial charge in [0.15, 0.2) is 0 Å². The number of aryl methyl sites for hydroxylation is 2. The van der Waals surface area contributed by atoms with Gasteiger partial charge < -0.3 is 10.1 Å². The molecule has 1 heterocycles. The summed E-state index contributed by atoms with van der Waals surface area (Å²) in [5.41, 5.74) is 3.68. The lowest BCUT2D eigenvalue weighted by Gasteiger charge is -2.04. The van der Waals surface area contributed by atoms with E-state index < -0.39 is 0 Å². The summed E-state index contributed by atoms with van der Waals surface area (Å²) >= 11 is 0. The zero-order valence-electron chi connectivity index (χ0n) is 14.9. The van der Waals surface area contributed by atoms with Crippen LogP contribution in [0.2, 0.25) is 0 Å². The predicted octanol–water partition coefficient (Wildman–Crippen LogP) is 3.66. The van der Waals surface area contributed by atoms with Crippen molar-refractivity contribution in [2.45, 2.75) is 13.8 Å². The van der Waals surface area contributed by atoms with Crippen molar-refractivity contribution >= 4 is 16.8 Å². The first-order valence-corrected chi connectivity index (χ1v) is 8.41. The molecule has 4 nitrogen and oxygen atoms in total. The second kappa shape index (κ2) is 8.17. The molecule has 0 aliphatic heterocycles. The number of pyridine rings is 1. The summed E-state index contributed by atoms with van der Waals surface area (Å²) in [5.74, 6) is 6.41. The van der Waals surface area contributed by atoms with Crippen molar-refractivity contribution in [3.8, 4) is 17.6 Å². The highest BCUT2D eigenvalue weighted by molar-refractivity contribution is 5.94. The molecule has 0 aliphatic carbocycles. The maximum absolute atomic E-state index is 12.1. The van der Waals surface area contributed by atoms with Gasteiger partial charge in [0.2, 0.25) is 0 Å². The number of rotatable bonds is 4. The van der Waals surface area contributed by atoms with Gasteiger partial charge in [-0.15, -0.1) is 0 Å². The monoisotopic (exact) mass is 344 g/mol. The largest absolute Gasteiger partial charge is 0.481 e. The van der Waals surface area contributed by atoms with Crippen molar-refractivity contribution in [2.75, 3.05) is 13.2 Å². The summed E-state index contributed by atoms with van der Waals surface area (Å²) < 4.78 is 5.61. The van der Waals surface area contributed by atoms with Crippen LogP contribution < -0.4 is 10.1 Å². The van der Waals surface area contributed by atoms with Crippen LogP contribution in [0.4, 0.5) is 0 Å². The molecule has 1 amide bonds. The van der Waals surface area contributed by atoms with Crippen LogP contribution in [0.3, 0.4) is 0 Å². The van der Waals surface area contributed by atoms with E-state index in [1.807, 2.05) is 62.4 Å². The third kappa shape index (κ3) is 4.61. The normalized spacial score (nSPS) is 10.1. The van der Waals surface area contributed by atoms with Gasteiger partial charge in [0.25, 0.3) is 5.91 Å². The number of benzene rings is 2. The highest BCUT2D eigenvalue weighted by Crippen LogP contribution is 2.18. The van der Waals surface area contributed by atoms with Gasteiger partial charge in [-0.2, -0.15) is 0 Å². The highest BCUT2D eigenvalue weighted by atomic mass is 16.5. The number of amides is 1. The summed E-state index contributed by atoms with van der Waals surface area (Å²) in [5, 5.41) is 3.87. The van der Waals surface area contributed by atoms with Crippen molar-refractivity contribution in [1.82, 2.24) is 10.3 Å². The van der Waals surface area contributed by atoms with Crippen LogP contribution in [0.1, 0.15) is 21.5 Å². The molecule has 4 heteroatoms. The van der Waals surface area contributed by atoms with E-state index in [9.17, 15) is 4.79 Å². The Morgan fingerprint density at radius 3 is 2.69 bits per heavy atom. The molecule has 0 bridgehead atoms. The van der Waals surface area contributed by atoms with Crippen LogP contribution in [0.15, 0.2) is 54.7 Å². The topological polar surface area (TPSA) is 51.2 Å². The molecule has 0 fully saturated rings. The first-order valence-electron chi connectivity index (χ1n) is 8.41. The zero-order valence-corrected chi connectivity index (χ0v) is 14.9. The Morgan fingerprint density at radius 1 is 1.08 bits per heavy atom. The fourth-order valence-electron chi connectivity index (χ4n) is 2.70. The summed E-state index contributed by atoms with van der Waals surface area (Å²) in [6.45, 7) is 4.50. The Hall–Kier alpha value is -3.32. The van der Waals surface area contributed by atoms with Gasteiger partial charge >= 0.3 is 0 Å². The summed E-state index contributed by atoms with van der Waals surface area (Å²) in [6.07, 6.45) is 1.75. The van der Waals surface area contributed by atoms with E-state index in [-0.39, 0.29) is 19.1 Å². The molecule has 1 aromatic heterocycles. The second-order valence-corrected chi connectivity index (χ2v) is 6.06. The van der Waals surface area contributed by atoms with Crippen LogP contribution in [-0.4, -0.2) is 24.0 Å². The molecular formula is C22H20N2O2. The number of carbonyl (C=O) groups is 1. The molecule has 26 heavy (non-hydrogen) atoms. The van der Waals surface area contributed by atoms with Crippen molar-refractivity contribution in [1.29, 1.82) is 0 Å². The molecule has 3 rings (SSSR count). The predicted molar refractivity (Wildman–Crippen MR) is 103 cm³/mol. The number of aromatic nitrogens is 1. The van der Waals surface area contributed by atoms with E-state index in [1.54, 1.807) is 6.20 Å². The van der Waals surface area contributed by atoms with Crippen LogP contribution in [0.5, 0.6) is 5.75 Å². The summed E-state index contributed by atoms with van der Waals surface area (Å²) in [4.78, 5) is 16.4. The van der Waals surface area contributed by atoms with Gasteiger partial charge in [-0.3, -0.25) is 9.78 Å². The van der Waals surface area contributed by atoms with E-state index in [0.29, 0.717) is 5.56 Å². The van der Waals surface area contributed by atoms with E-state index in [4.69, 9.17) is 4.74 Å². The number of nitrogens with zero attached hydrogens (tertiary/aromatic N) is 1. The number of nitrogens with one attached hydrogen (secondary N) is 1. The Kier molecular flexibility index (Phi) is 5.50.